The highest BCUT2D eigenvalue weighted by Gasteiger charge is 2.16. The largest absolute Gasteiger partial charge is 0.454 e. The van der Waals surface area contributed by atoms with Crippen LogP contribution < -0.4 is 14.8 Å². The fraction of sp³-hybridized carbons (Fsp3) is 0.200. The fourth-order valence-corrected chi connectivity index (χ4v) is 2.08. The Balaban J connectivity index is 1.78. The Kier molecular flexibility index (Phi) is 2.99. The Hall–Kier alpha value is -2.23. The first kappa shape index (κ1) is 11.8. The Morgan fingerprint density at radius 2 is 2.11 bits per heavy atom. The van der Waals surface area contributed by atoms with Gasteiger partial charge in [0.25, 0.3) is 0 Å². The summed E-state index contributed by atoms with van der Waals surface area (Å²) in [6, 6.07) is 10.8. The van der Waals surface area contributed by atoms with Gasteiger partial charge in [-0.15, -0.1) is 0 Å². The zero-order valence-corrected chi connectivity index (χ0v) is 10.6. The van der Waals surface area contributed by atoms with E-state index in [2.05, 4.69) is 5.32 Å². The van der Waals surface area contributed by atoms with Crippen molar-refractivity contribution in [1.29, 1.82) is 0 Å². The third-order valence-corrected chi connectivity index (χ3v) is 3.07. The molecular weight excluding hydrogens is 245 g/mol. The predicted molar refractivity (Wildman–Crippen MR) is 71.0 cm³/mol. The number of hydrogen-bond acceptors (Lipinski definition) is 3. The number of aryl methyl sites for hydroxylation is 1. The number of fused-ring (bicyclic) bond motifs is 1. The molecule has 0 atom stereocenters. The van der Waals surface area contributed by atoms with E-state index in [0.29, 0.717) is 12.2 Å². The fourth-order valence-electron chi connectivity index (χ4n) is 2.08. The summed E-state index contributed by atoms with van der Waals surface area (Å²) in [4.78, 5) is 0. The second-order valence-corrected chi connectivity index (χ2v) is 4.49. The van der Waals surface area contributed by atoms with Crippen molar-refractivity contribution >= 4 is 5.69 Å². The molecule has 0 unspecified atom stereocenters. The zero-order chi connectivity index (χ0) is 13.2. The number of rotatable bonds is 3. The lowest BCUT2D eigenvalue weighted by Crippen LogP contribution is -2.03. The van der Waals surface area contributed by atoms with Crippen molar-refractivity contribution in [2.24, 2.45) is 0 Å². The van der Waals surface area contributed by atoms with Crippen LogP contribution >= 0.6 is 0 Å². The lowest BCUT2D eigenvalue weighted by Gasteiger charge is -2.10. The van der Waals surface area contributed by atoms with E-state index in [4.69, 9.17) is 9.47 Å². The molecule has 0 aliphatic carbocycles. The maximum Gasteiger partial charge on any atom is 0.231 e. The summed E-state index contributed by atoms with van der Waals surface area (Å²) < 4.78 is 24.4. The van der Waals surface area contributed by atoms with Gasteiger partial charge in [0.1, 0.15) is 5.82 Å². The smallest absolute Gasteiger partial charge is 0.231 e. The molecule has 0 radical (unpaired) electrons. The number of benzene rings is 2. The minimum atomic E-state index is -0.246. The van der Waals surface area contributed by atoms with Gasteiger partial charge in [0.15, 0.2) is 11.5 Å². The molecule has 0 bridgehead atoms. The van der Waals surface area contributed by atoms with Crippen molar-refractivity contribution in [2.75, 3.05) is 12.1 Å². The van der Waals surface area contributed by atoms with Crippen LogP contribution in [0.5, 0.6) is 11.5 Å². The summed E-state index contributed by atoms with van der Waals surface area (Å²) in [7, 11) is 0. The lowest BCUT2D eigenvalue weighted by molar-refractivity contribution is 0.173. The molecule has 4 heteroatoms. The number of ether oxygens (including phenoxy) is 2. The number of para-hydroxylation sites is 1. The first-order chi connectivity index (χ1) is 9.24. The van der Waals surface area contributed by atoms with Crippen LogP contribution in [0.15, 0.2) is 36.4 Å². The Labute approximate surface area is 111 Å². The highest BCUT2D eigenvalue weighted by atomic mass is 19.1. The van der Waals surface area contributed by atoms with E-state index in [0.717, 1.165) is 22.6 Å². The second-order valence-electron chi connectivity index (χ2n) is 4.49. The minimum absolute atomic E-state index is 0.241. The van der Waals surface area contributed by atoms with Crippen molar-refractivity contribution in [3.05, 3.63) is 53.3 Å². The number of hydrogen-bond donors (Lipinski definition) is 1. The van der Waals surface area contributed by atoms with Crippen molar-refractivity contribution in [1.82, 2.24) is 0 Å². The zero-order valence-electron chi connectivity index (χ0n) is 10.6. The van der Waals surface area contributed by atoms with E-state index < -0.39 is 0 Å². The maximum absolute atomic E-state index is 13.7. The van der Waals surface area contributed by atoms with Gasteiger partial charge in [-0.25, -0.2) is 4.39 Å². The summed E-state index contributed by atoms with van der Waals surface area (Å²) in [5.74, 6) is 1.23. The maximum atomic E-state index is 13.7. The Morgan fingerprint density at radius 3 is 2.95 bits per heavy atom. The topological polar surface area (TPSA) is 30.5 Å². The van der Waals surface area contributed by atoms with Gasteiger partial charge >= 0.3 is 0 Å². The average Bonchev–Trinajstić information content (AvgIpc) is 2.86. The van der Waals surface area contributed by atoms with E-state index in [1.807, 2.05) is 31.2 Å². The van der Waals surface area contributed by atoms with Gasteiger partial charge in [0.2, 0.25) is 6.79 Å². The van der Waals surface area contributed by atoms with Crippen LogP contribution in [0.2, 0.25) is 0 Å². The molecule has 0 fully saturated rings. The van der Waals surface area contributed by atoms with E-state index in [1.54, 1.807) is 6.07 Å². The Morgan fingerprint density at radius 1 is 1.21 bits per heavy atom. The molecule has 1 aliphatic rings. The van der Waals surface area contributed by atoms with Gasteiger partial charge in [0, 0.05) is 12.1 Å². The van der Waals surface area contributed by atoms with Crippen LogP contribution in [0, 0.1) is 12.7 Å². The molecule has 0 saturated carbocycles. The number of halogens is 1. The molecular formula is C15H14FNO2. The van der Waals surface area contributed by atoms with Crippen LogP contribution in [-0.2, 0) is 6.54 Å². The van der Waals surface area contributed by atoms with Gasteiger partial charge < -0.3 is 14.8 Å². The third-order valence-electron chi connectivity index (χ3n) is 3.07. The molecule has 1 N–H and O–H groups in total. The van der Waals surface area contributed by atoms with Gasteiger partial charge in [0.05, 0.1) is 5.69 Å². The first-order valence-electron chi connectivity index (χ1n) is 6.11. The SMILES string of the molecule is Cc1ccc(NCc2cccc3c2OCO3)c(F)c1. The minimum Gasteiger partial charge on any atom is -0.454 e. The summed E-state index contributed by atoms with van der Waals surface area (Å²) in [6.07, 6.45) is 0. The highest BCUT2D eigenvalue weighted by molar-refractivity contribution is 5.51. The molecule has 1 aliphatic heterocycles. The number of nitrogens with one attached hydrogen (secondary N) is 1. The van der Waals surface area contributed by atoms with E-state index in [9.17, 15) is 4.39 Å². The van der Waals surface area contributed by atoms with Crippen LogP contribution in [0.4, 0.5) is 10.1 Å². The molecule has 0 spiro atoms. The van der Waals surface area contributed by atoms with Crippen molar-refractivity contribution < 1.29 is 13.9 Å². The Bertz CT molecular complexity index is 613. The molecule has 2 aromatic carbocycles. The van der Waals surface area contributed by atoms with E-state index >= 15 is 0 Å². The van der Waals surface area contributed by atoms with Crippen LogP contribution in [-0.4, -0.2) is 6.79 Å². The van der Waals surface area contributed by atoms with Crippen LogP contribution in [0.3, 0.4) is 0 Å². The molecule has 1 heterocycles. The third kappa shape index (κ3) is 2.34. The molecule has 3 nitrogen and oxygen atoms in total. The van der Waals surface area contributed by atoms with Crippen LogP contribution in [0.25, 0.3) is 0 Å². The lowest BCUT2D eigenvalue weighted by atomic mass is 10.1. The molecule has 98 valence electrons. The summed E-state index contributed by atoms with van der Waals surface area (Å²) in [5.41, 5.74) is 2.34. The van der Waals surface area contributed by atoms with Crippen molar-refractivity contribution in [3.63, 3.8) is 0 Å². The normalized spacial score (nSPS) is 12.5. The average molecular weight is 259 g/mol. The highest BCUT2D eigenvalue weighted by Crippen LogP contribution is 2.35. The molecule has 0 saturated heterocycles. The summed E-state index contributed by atoms with van der Waals surface area (Å²) in [5, 5.41) is 3.08. The summed E-state index contributed by atoms with van der Waals surface area (Å²) in [6.45, 7) is 2.60. The molecule has 19 heavy (non-hydrogen) atoms. The molecule has 0 aromatic heterocycles. The van der Waals surface area contributed by atoms with Gasteiger partial charge in [-0.2, -0.15) is 0 Å². The standard InChI is InChI=1S/C15H14FNO2/c1-10-5-6-13(12(16)7-10)17-8-11-3-2-4-14-15(11)19-9-18-14/h2-7,17H,8-9H2,1H3. The monoisotopic (exact) mass is 259 g/mol. The van der Waals surface area contributed by atoms with E-state index in [1.165, 1.54) is 6.07 Å². The van der Waals surface area contributed by atoms with Gasteiger partial charge in [-0.1, -0.05) is 18.2 Å². The quantitative estimate of drug-likeness (QED) is 0.915. The summed E-state index contributed by atoms with van der Waals surface area (Å²) >= 11 is 0. The van der Waals surface area contributed by atoms with Gasteiger partial charge in [-0.3, -0.25) is 0 Å². The second kappa shape index (κ2) is 4.80. The first-order valence-corrected chi connectivity index (χ1v) is 6.11. The molecule has 2 aromatic rings. The number of anilines is 1. The molecule has 3 rings (SSSR count). The van der Waals surface area contributed by atoms with Crippen molar-refractivity contribution in [3.8, 4) is 11.5 Å². The van der Waals surface area contributed by atoms with Crippen LogP contribution in [0.1, 0.15) is 11.1 Å². The predicted octanol–water partition coefficient (Wildman–Crippen LogP) is 3.47. The van der Waals surface area contributed by atoms with E-state index in [-0.39, 0.29) is 12.6 Å². The van der Waals surface area contributed by atoms with Crippen molar-refractivity contribution in [2.45, 2.75) is 13.5 Å². The molecule has 0 amide bonds. The van der Waals surface area contributed by atoms with Gasteiger partial charge in [-0.05, 0) is 30.7 Å².